The monoisotopic (exact) mass is 249 g/mol. The maximum absolute atomic E-state index is 12.4. The number of nitrogens with zero attached hydrogens (tertiary/aromatic N) is 1. The highest BCUT2D eigenvalue weighted by atomic mass is 16.5. The van der Waals surface area contributed by atoms with Gasteiger partial charge in [0.2, 0.25) is 0 Å². The van der Waals surface area contributed by atoms with E-state index < -0.39 is 0 Å². The van der Waals surface area contributed by atoms with Crippen LogP contribution in [-0.4, -0.2) is 36.6 Å². The molecule has 0 bridgehead atoms. The number of hydrogen-bond acceptors (Lipinski definition) is 4. The zero-order valence-corrected chi connectivity index (χ0v) is 10.6. The minimum Gasteiger partial charge on any atom is -0.399 e. The molecule has 1 aromatic rings. The summed E-state index contributed by atoms with van der Waals surface area (Å²) in [7, 11) is 0. The molecule has 98 valence electrons. The zero-order valence-electron chi connectivity index (χ0n) is 10.6. The third kappa shape index (κ3) is 2.92. The summed E-state index contributed by atoms with van der Waals surface area (Å²) in [6.07, 6.45) is 0.920. The molecule has 0 spiro atoms. The predicted octanol–water partition coefficient (Wildman–Crippen LogP) is 1.10. The largest absolute Gasteiger partial charge is 0.399 e. The molecule has 1 atom stereocenters. The van der Waals surface area contributed by atoms with Crippen molar-refractivity contribution < 1.29 is 9.53 Å². The maximum Gasteiger partial charge on any atom is 0.254 e. The van der Waals surface area contributed by atoms with E-state index in [1.807, 2.05) is 6.92 Å². The average molecular weight is 249 g/mol. The highest BCUT2D eigenvalue weighted by Gasteiger charge is 2.21. The number of benzene rings is 1. The second kappa shape index (κ2) is 5.27. The first-order chi connectivity index (χ1) is 8.56. The van der Waals surface area contributed by atoms with Gasteiger partial charge in [-0.15, -0.1) is 0 Å². The van der Waals surface area contributed by atoms with Crippen molar-refractivity contribution in [1.29, 1.82) is 0 Å². The van der Waals surface area contributed by atoms with Crippen molar-refractivity contribution in [3.05, 3.63) is 23.8 Å². The first kappa shape index (κ1) is 12.7. The van der Waals surface area contributed by atoms with Gasteiger partial charge >= 0.3 is 0 Å². The van der Waals surface area contributed by atoms with E-state index >= 15 is 0 Å². The van der Waals surface area contributed by atoms with Gasteiger partial charge in [0.15, 0.2) is 0 Å². The number of hydrogen-bond donors (Lipinski definition) is 2. The number of rotatable bonds is 1. The van der Waals surface area contributed by atoms with E-state index in [1.54, 1.807) is 23.1 Å². The maximum atomic E-state index is 12.4. The van der Waals surface area contributed by atoms with Crippen molar-refractivity contribution in [2.24, 2.45) is 0 Å². The summed E-state index contributed by atoms with van der Waals surface area (Å²) in [5.41, 5.74) is 13.0. The molecule has 0 radical (unpaired) electrons. The Kier molecular flexibility index (Phi) is 3.72. The van der Waals surface area contributed by atoms with Gasteiger partial charge in [-0.3, -0.25) is 4.79 Å². The lowest BCUT2D eigenvalue weighted by atomic mass is 10.1. The third-order valence-corrected chi connectivity index (χ3v) is 2.96. The summed E-state index contributed by atoms with van der Waals surface area (Å²) in [5, 5.41) is 0. The molecule has 0 saturated carbocycles. The number of carbonyl (C=O) groups is 1. The van der Waals surface area contributed by atoms with E-state index in [0.29, 0.717) is 36.6 Å². The summed E-state index contributed by atoms with van der Waals surface area (Å²) in [6, 6.07) is 4.97. The Balaban J connectivity index is 2.18. The average Bonchev–Trinajstić information content (AvgIpc) is 2.51. The van der Waals surface area contributed by atoms with Crippen LogP contribution in [-0.2, 0) is 4.74 Å². The summed E-state index contributed by atoms with van der Waals surface area (Å²) in [4.78, 5) is 14.2. The van der Waals surface area contributed by atoms with Gasteiger partial charge in [0.1, 0.15) is 0 Å². The lowest BCUT2D eigenvalue weighted by Crippen LogP contribution is -2.36. The van der Waals surface area contributed by atoms with Crippen LogP contribution < -0.4 is 11.5 Å². The Morgan fingerprint density at radius 1 is 1.33 bits per heavy atom. The van der Waals surface area contributed by atoms with Crippen LogP contribution in [0.25, 0.3) is 0 Å². The van der Waals surface area contributed by atoms with Crippen LogP contribution in [0.15, 0.2) is 18.2 Å². The van der Waals surface area contributed by atoms with Crippen LogP contribution in [0.5, 0.6) is 0 Å². The topological polar surface area (TPSA) is 81.6 Å². The van der Waals surface area contributed by atoms with Gasteiger partial charge in [0.05, 0.1) is 6.10 Å². The fraction of sp³-hybridized carbons (Fsp3) is 0.462. The van der Waals surface area contributed by atoms with Crippen LogP contribution in [0.1, 0.15) is 23.7 Å². The molecular formula is C13H19N3O2. The first-order valence-electron chi connectivity index (χ1n) is 6.13. The fourth-order valence-electron chi connectivity index (χ4n) is 2.16. The molecule has 5 nitrogen and oxygen atoms in total. The number of nitrogens with two attached hydrogens (primary N) is 2. The quantitative estimate of drug-likeness (QED) is 0.730. The van der Waals surface area contributed by atoms with Crippen molar-refractivity contribution in [3.63, 3.8) is 0 Å². The van der Waals surface area contributed by atoms with E-state index in [9.17, 15) is 4.79 Å². The first-order valence-corrected chi connectivity index (χ1v) is 6.13. The highest BCUT2D eigenvalue weighted by molar-refractivity contribution is 5.96. The Hall–Kier alpha value is -1.75. The van der Waals surface area contributed by atoms with E-state index in [2.05, 4.69) is 0 Å². The molecule has 1 unspecified atom stereocenters. The van der Waals surface area contributed by atoms with E-state index in [4.69, 9.17) is 16.2 Å². The molecular weight excluding hydrogens is 230 g/mol. The van der Waals surface area contributed by atoms with Crippen molar-refractivity contribution in [3.8, 4) is 0 Å². The van der Waals surface area contributed by atoms with Crippen LogP contribution in [0.2, 0.25) is 0 Å². The van der Waals surface area contributed by atoms with E-state index in [1.165, 1.54) is 0 Å². The molecule has 4 N–H and O–H groups in total. The second-order valence-corrected chi connectivity index (χ2v) is 4.67. The summed E-state index contributed by atoms with van der Waals surface area (Å²) in [5.74, 6) is -0.0358. The Morgan fingerprint density at radius 2 is 2.00 bits per heavy atom. The van der Waals surface area contributed by atoms with Crippen molar-refractivity contribution in [1.82, 2.24) is 4.90 Å². The minimum absolute atomic E-state index is 0.0358. The van der Waals surface area contributed by atoms with Gasteiger partial charge < -0.3 is 21.1 Å². The fourth-order valence-corrected chi connectivity index (χ4v) is 2.16. The summed E-state index contributed by atoms with van der Waals surface area (Å²) < 4.78 is 5.52. The smallest absolute Gasteiger partial charge is 0.254 e. The van der Waals surface area contributed by atoms with Gasteiger partial charge in [-0.1, -0.05) is 0 Å². The summed E-state index contributed by atoms with van der Waals surface area (Å²) in [6.45, 7) is 3.98. The van der Waals surface area contributed by atoms with Crippen molar-refractivity contribution in [2.75, 3.05) is 31.2 Å². The number of amides is 1. The molecule has 1 saturated heterocycles. The van der Waals surface area contributed by atoms with Crippen LogP contribution in [0, 0.1) is 0 Å². The van der Waals surface area contributed by atoms with E-state index in [0.717, 1.165) is 6.42 Å². The normalized spacial score (nSPS) is 20.5. The number of nitrogen functional groups attached to an aromatic ring is 2. The highest BCUT2D eigenvalue weighted by Crippen LogP contribution is 2.17. The van der Waals surface area contributed by atoms with Gasteiger partial charge in [0.25, 0.3) is 5.91 Å². The molecule has 2 rings (SSSR count). The lowest BCUT2D eigenvalue weighted by Gasteiger charge is -2.22. The van der Waals surface area contributed by atoms with Crippen LogP contribution in [0.3, 0.4) is 0 Å². The molecule has 1 amide bonds. The van der Waals surface area contributed by atoms with Crippen LogP contribution in [0.4, 0.5) is 11.4 Å². The zero-order chi connectivity index (χ0) is 13.1. The standard InChI is InChI=1S/C13H19N3O2/c1-9-8-16(3-2-4-18-9)13(17)10-5-11(14)7-12(15)6-10/h5-7,9H,2-4,8,14-15H2,1H3. The van der Waals surface area contributed by atoms with Crippen LogP contribution >= 0.6 is 0 Å². The Labute approximate surface area is 107 Å². The van der Waals surface area contributed by atoms with Gasteiger partial charge in [0, 0.05) is 36.6 Å². The number of ether oxygens (including phenoxy) is 1. The van der Waals surface area contributed by atoms with Crippen molar-refractivity contribution in [2.45, 2.75) is 19.4 Å². The van der Waals surface area contributed by atoms with Gasteiger partial charge in [-0.2, -0.15) is 0 Å². The van der Waals surface area contributed by atoms with Gasteiger partial charge in [-0.25, -0.2) is 0 Å². The second-order valence-electron chi connectivity index (χ2n) is 4.67. The number of carbonyl (C=O) groups excluding carboxylic acids is 1. The molecule has 1 aromatic carbocycles. The molecule has 18 heavy (non-hydrogen) atoms. The lowest BCUT2D eigenvalue weighted by molar-refractivity contribution is 0.0563. The molecule has 1 heterocycles. The molecule has 1 aliphatic heterocycles. The summed E-state index contributed by atoms with van der Waals surface area (Å²) >= 11 is 0. The SMILES string of the molecule is CC1CN(C(=O)c2cc(N)cc(N)c2)CCCO1. The molecule has 0 aliphatic carbocycles. The number of anilines is 2. The Bertz CT molecular complexity index is 428. The minimum atomic E-state index is -0.0358. The molecule has 5 heteroatoms. The van der Waals surface area contributed by atoms with Crippen molar-refractivity contribution >= 4 is 17.3 Å². The molecule has 1 fully saturated rings. The third-order valence-electron chi connectivity index (χ3n) is 2.96. The molecule has 0 aromatic heterocycles. The predicted molar refractivity (Wildman–Crippen MR) is 71.2 cm³/mol. The molecule has 1 aliphatic rings. The Morgan fingerprint density at radius 3 is 2.67 bits per heavy atom. The van der Waals surface area contributed by atoms with Gasteiger partial charge in [-0.05, 0) is 31.5 Å². The van der Waals surface area contributed by atoms with E-state index in [-0.39, 0.29) is 12.0 Å².